The van der Waals surface area contributed by atoms with E-state index in [1.165, 1.54) is 7.11 Å². The summed E-state index contributed by atoms with van der Waals surface area (Å²) in [5.74, 6) is 1.37. The lowest BCUT2D eigenvalue weighted by atomic mass is 9.87. The van der Waals surface area contributed by atoms with Gasteiger partial charge in [0, 0.05) is 11.1 Å². The fraction of sp³-hybridized carbons (Fsp3) is 0.227. The number of ketones is 1. The largest absolute Gasteiger partial charge is 0.504 e. The Morgan fingerprint density at radius 3 is 2.12 bits per heavy atom. The van der Waals surface area contributed by atoms with Crippen LogP contribution in [0.5, 0.6) is 17.2 Å². The summed E-state index contributed by atoms with van der Waals surface area (Å²) >= 11 is 0. The van der Waals surface area contributed by atoms with E-state index in [4.69, 9.17) is 9.47 Å². The average molecular weight is 350 g/mol. The fourth-order valence-electron chi connectivity index (χ4n) is 3.06. The number of aromatic hydroxyl groups is 1. The third kappa shape index (κ3) is 3.97. The van der Waals surface area contributed by atoms with Crippen LogP contribution in [-0.4, -0.2) is 25.1 Å². The standard InChI is InChI=1S/C22H22O4/c1-25-19-9-6-15(7-10-19)12-17-4-3-5-18(22(17)24)13-16-8-11-20(23)21(14-16)26-2/h6-14,23H,3-5H2,1-2H3/b17-12+,18-13+. The zero-order valence-corrected chi connectivity index (χ0v) is 15.0. The quantitative estimate of drug-likeness (QED) is 0.817. The van der Waals surface area contributed by atoms with Crippen molar-refractivity contribution in [2.45, 2.75) is 19.3 Å². The maximum atomic E-state index is 12.8. The Bertz CT molecular complexity index is 860. The first-order valence-corrected chi connectivity index (χ1v) is 8.57. The molecule has 0 aromatic heterocycles. The van der Waals surface area contributed by atoms with E-state index in [2.05, 4.69) is 0 Å². The predicted octanol–water partition coefficient (Wildman–Crippen LogP) is 4.63. The van der Waals surface area contributed by atoms with Gasteiger partial charge in [-0.1, -0.05) is 18.2 Å². The van der Waals surface area contributed by atoms with Crippen molar-refractivity contribution >= 4 is 17.9 Å². The SMILES string of the molecule is COc1ccc(/C=C2\CCC/C(=C\c3ccc(O)c(OC)c3)C2=O)cc1. The minimum absolute atomic E-state index is 0.0825. The highest BCUT2D eigenvalue weighted by Crippen LogP contribution is 2.31. The minimum Gasteiger partial charge on any atom is -0.504 e. The molecule has 1 aliphatic carbocycles. The van der Waals surface area contributed by atoms with Gasteiger partial charge in [-0.3, -0.25) is 4.79 Å². The number of carbonyl (C=O) groups excluding carboxylic acids is 1. The Balaban J connectivity index is 1.85. The van der Waals surface area contributed by atoms with Crippen LogP contribution in [0, 0.1) is 0 Å². The van der Waals surface area contributed by atoms with E-state index in [1.54, 1.807) is 25.3 Å². The zero-order chi connectivity index (χ0) is 18.5. The fourth-order valence-corrected chi connectivity index (χ4v) is 3.06. The summed E-state index contributed by atoms with van der Waals surface area (Å²) < 4.78 is 10.3. The number of hydrogen-bond acceptors (Lipinski definition) is 4. The molecule has 26 heavy (non-hydrogen) atoms. The Morgan fingerprint density at radius 1 is 0.885 bits per heavy atom. The van der Waals surface area contributed by atoms with E-state index in [9.17, 15) is 9.90 Å². The van der Waals surface area contributed by atoms with Crippen LogP contribution in [0.1, 0.15) is 30.4 Å². The van der Waals surface area contributed by atoms with Crippen molar-refractivity contribution in [2.24, 2.45) is 0 Å². The van der Waals surface area contributed by atoms with Crippen molar-refractivity contribution in [1.29, 1.82) is 0 Å². The Hall–Kier alpha value is -3.01. The molecule has 0 spiro atoms. The van der Waals surface area contributed by atoms with Crippen molar-refractivity contribution < 1.29 is 19.4 Å². The van der Waals surface area contributed by atoms with Gasteiger partial charge in [0.05, 0.1) is 14.2 Å². The monoisotopic (exact) mass is 350 g/mol. The van der Waals surface area contributed by atoms with Gasteiger partial charge in [-0.05, 0) is 66.8 Å². The molecular weight excluding hydrogens is 328 g/mol. The number of allylic oxidation sites excluding steroid dienone is 2. The second-order valence-corrected chi connectivity index (χ2v) is 6.23. The third-order valence-corrected chi connectivity index (χ3v) is 4.48. The van der Waals surface area contributed by atoms with E-state index in [1.807, 2.05) is 36.4 Å². The van der Waals surface area contributed by atoms with Crippen LogP contribution in [0.15, 0.2) is 53.6 Å². The summed E-state index contributed by atoms with van der Waals surface area (Å²) in [5, 5.41) is 9.71. The summed E-state index contributed by atoms with van der Waals surface area (Å²) in [5.41, 5.74) is 3.43. The number of methoxy groups -OCH3 is 2. The molecule has 4 heteroatoms. The molecule has 0 atom stereocenters. The molecule has 4 nitrogen and oxygen atoms in total. The van der Waals surface area contributed by atoms with Crippen LogP contribution in [0.3, 0.4) is 0 Å². The van der Waals surface area contributed by atoms with Crippen LogP contribution >= 0.6 is 0 Å². The molecule has 134 valence electrons. The summed E-state index contributed by atoms with van der Waals surface area (Å²) in [6.45, 7) is 0. The topological polar surface area (TPSA) is 55.8 Å². The number of phenolic OH excluding ortho intramolecular Hbond substituents is 1. The molecule has 0 radical (unpaired) electrons. The summed E-state index contributed by atoms with van der Waals surface area (Å²) in [6, 6.07) is 12.8. The van der Waals surface area contributed by atoms with Crippen LogP contribution in [0.2, 0.25) is 0 Å². The molecule has 0 saturated heterocycles. The highest BCUT2D eigenvalue weighted by Gasteiger charge is 2.20. The van der Waals surface area contributed by atoms with Gasteiger partial charge in [-0.25, -0.2) is 0 Å². The van der Waals surface area contributed by atoms with E-state index in [0.717, 1.165) is 47.3 Å². The lowest BCUT2D eigenvalue weighted by Crippen LogP contribution is -2.12. The van der Waals surface area contributed by atoms with E-state index in [0.29, 0.717) is 5.75 Å². The van der Waals surface area contributed by atoms with Gasteiger partial charge in [-0.15, -0.1) is 0 Å². The number of phenols is 1. The molecule has 0 unspecified atom stereocenters. The van der Waals surface area contributed by atoms with Crippen molar-refractivity contribution in [3.8, 4) is 17.2 Å². The van der Waals surface area contributed by atoms with Gasteiger partial charge in [0.1, 0.15) is 5.75 Å². The van der Waals surface area contributed by atoms with E-state index in [-0.39, 0.29) is 11.5 Å². The predicted molar refractivity (Wildman–Crippen MR) is 102 cm³/mol. The van der Waals surface area contributed by atoms with E-state index < -0.39 is 0 Å². The number of rotatable bonds is 4. The summed E-state index contributed by atoms with van der Waals surface area (Å²) in [6.07, 6.45) is 6.30. The molecule has 0 amide bonds. The maximum Gasteiger partial charge on any atom is 0.185 e. The Kier molecular flexibility index (Phi) is 5.42. The lowest BCUT2D eigenvalue weighted by Gasteiger charge is -2.17. The van der Waals surface area contributed by atoms with E-state index >= 15 is 0 Å². The average Bonchev–Trinajstić information content (AvgIpc) is 2.67. The Morgan fingerprint density at radius 2 is 1.50 bits per heavy atom. The molecule has 2 aromatic carbocycles. The number of carbonyl (C=O) groups is 1. The van der Waals surface area contributed by atoms with Crippen molar-refractivity contribution in [3.63, 3.8) is 0 Å². The highest BCUT2D eigenvalue weighted by molar-refractivity contribution is 6.14. The van der Waals surface area contributed by atoms with Crippen molar-refractivity contribution in [3.05, 3.63) is 64.7 Å². The van der Waals surface area contributed by atoms with Gasteiger partial charge < -0.3 is 14.6 Å². The molecule has 1 fully saturated rings. The molecule has 0 bridgehead atoms. The molecular formula is C22H22O4. The van der Waals surface area contributed by atoms with Gasteiger partial charge >= 0.3 is 0 Å². The number of hydrogen-bond donors (Lipinski definition) is 1. The smallest absolute Gasteiger partial charge is 0.185 e. The Labute approximate surface area is 153 Å². The second-order valence-electron chi connectivity index (χ2n) is 6.23. The first-order chi connectivity index (χ1) is 12.6. The normalized spacial score (nSPS) is 17.5. The zero-order valence-electron chi connectivity index (χ0n) is 15.0. The molecule has 3 rings (SSSR count). The maximum absolute atomic E-state index is 12.8. The van der Waals surface area contributed by atoms with Crippen LogP contribution in [0.25, 0.3) is 12.2 Å². The molecule has 1 N–H and O–H groups in total. The summed E-state index contributed by atoms with van der Waals surface area (Å²) in [4.78, 5) is 12.8. The first-order valence-electron chi connectivity index (χ1n) is 8.57. The summed E-state index contributed by atoms with van der Waals surface area (Å²) in [7, 11) is 3.14. The number of ether oxygens (including phenoxy) is 2. The molecule has 1 saturated carbocycles. The molecule has 1 aliphatic rings. The van der Waals surface area contributed by atoms with Gasteiger partial charge in [0.25, 0.3) is 0 Å². The van der Waals surface area contributed by atoms with Gasteiger partial charge in [0.2, 0.25) is 0 Å². The first kappa shape index (κ1) is 17.8. The van der Waals surface area contributed by atoms with Crippen molar-refractivity contribution in [1.82, 2.24) is 0 Å². The molecule has 0 heterocycles. The van der Waals surface area contributed by atoms with Crippen LogP contribution in [-0.2, 0) is 4.79 Å². The molecule has 2 aromatic rings. The van der Waals surface area contributed by atoms with Crippen molar-refractivity contribution in [2.75, 3.05) is 14.2 Å². The molecule has 0 aliphatic heterocycles. The van der Waals surface area contributed by atoms with Crippen LogP contribution < -0.4 is 9.47 Å². The number of Topliss-reactive ketones (excluding diaryl/α,β-unsaturated/α-hetero) is 1. The second kappa shape index (κ2) is 7.91. The minimum atomic E-state index is 0.0825. The van der Waals surface area contributed by atoms with Gasteiger partial charge in [-0.2, -0.15) is 0 Å². The lowest BCUT2D eigenvalue weighted by molar-refractivity contribution is -0.112. The highest BCUT2D eigenvalue weighted by atomic mass is 16.5. The van der Waals surface area contributed by atoms with Gasteiger partial charge in [0.15, 0.2) is 17.3 Å². The van der Waals surface area contributed by atoms with Crippen LogP contribution in [0.4, 0.5) is 0 Å². The number of benzene rings is 2. The third-order valence-electron chi connectivity index (χ3n) is 4.48.